The van der Waals surface area contributed by atoms with Crippen molar-refractivity contribution in [3.63, 3.8) is 0 Å². The van der Waals surface area contributed by atoms with Crippen LogP contribution in [-0.4, -0.2) is 35.3 Å². The van der Waals surface area contributed by atoms with Crippen molar-refractivity contribution >= 4 is 39.8 Å². The van der Waals surface area contributed by atoms with E-state index >= 15 is 0 Å². The number of benzene rings is 2. The molecule has 2 aromatic carbocycles. The number of Topliss-reactive ketones (excluding diaryl/α,β-unsaturated/α-hetero) is 1. The topological polar surface area (TPSA) is 70.4 Å². The summed E-state index contributed by atoms with van der Waals surface area (Å²) in [5, 5.41) is 0.945. The molecule has 32 heavy (non-hydrogen) atoms. The van der Waals surface area contributed by atoms with Gasteiger partial charge in [0.1, 0.15) is 0 Å². The van der Waals surface area contributed by atoms with E-state index in [0.29, 0.717) is 33.2 Å². The monoisotopic (exact) mass is 466 g/mol. The predicted octanol–water partition coefficient (Wildman–Crippen LogP) is 5.06. The number of carbonyl (C=O) groups excluding carboxylic acids is 1. The first kappa shape index (κ1) is 22.1. The Hall–Kier alpha value is -3.10. The minimum atomic E-state index is -0.208. The number of aryl methyl sites for hydroxylation is 2. The maximum absolute atomic E-state index is 13.4. The molecule has 0 aliphatic rings. The van der Waals surface area contributed by atoms with Crippen LogP contribution in [0.25, 0.3) is 16.6 Å². The molecule has 2 heterocycles. The third-order valence-electron chi connectivity index (χ3n) is 5.04. The first-order valence-electron chi connectivity index (χ1n) is 9.90. The molecule has 0 unspecified atom stereocenters. The van der Waals surface area contributed by atoms with Gasteiger partial charge in [-0.3, -0.25) is 14.2 Å². The molecule has 0 fully saturated rings. The van der Waals surface area contributed by atoms with Gasteiger partial charge in [-0.05, 0) is 44.2 Å². The summed E-state index contributed by atoms with van der Waals surface area (Å²) in [6.07, 6.45) is 0. The molecular formula is C24H22N2O4S2. The first-order valence-corrected chi connectivity index (χ1v) is 11.7. The maximum Gasteiger partial charge on any atom is 0.266 e. The van der Waals surface area contributed by atoms with Crippen LogP contribution in [0.2, 0.25) is 0 Å². The highest BCUT2D eigenvalue weighted by Gasteiger charge is 2.18. The number of nitrogens with zero attached hydrogens (tertiary/aromatic N) is 2. The second-order valence-electron chi connectivity index (χ2n) is 7.13. The van der Waals surface area contributed by atoms with Gasteiger partial charge in [0.05, 0.1) is 36.6 Å². The molecule has 2 aromatic heterocycles. The van der Waals surface area contributed by atoms with E-state index in [1.807, 2.05) is 32.0 Å². The average Bonchev–Trinajstić information content (AvgIpc) is 3.15. The standard InChI is InChI=1S/C24H22N2O4S2/c1-14-11-18(15(2)32-14)20(27)13-31-24-25-19-8-6-5-7-17(19)23(28)26(24)16-9-10-21(29-3)22(12-16)30-4/h5-12H,13H2,1-4H3. The summed E-state index contributed by atoms with van der Waals surface area (Å²) in [5.74, 6) is 1.25. The summed E-state index contributed by atoms with van der Waals surface area (Å²) in [4.78, 5) is 33.1. The fraction of sp³-hybridized carbons (Fsp3) is 0.208. The molecule has 8 heteroatoms. The van der Waals surface area contributed by atoms with Crippen molar-refractivity contribution in [3.05, 3.63) is 74.2 Å². The molecule has 0 bridgehead atoms. The van der Waals surface area contributed by atoms with E-state index in [-0.39, 0.29) is 17.1 Å². The van der Waals surface area contributed by atoms with Crippen LogP contribution >= 0.6 is 23.1 Å². The van der Waals surface area contributed by atoms with Gasteiger partial charge in [-0.25, -0.2) is 4.98 Å². The molecule has 0 spiro atoms. The van der Waals surface area contributed by atoms with Crippen LogP contribution in [0, 0.1) is 13.8 Å². The highest BCUT2D eigenvalue weighted by Crippen LogP contribution is 2.31. The molecule has 4 aromatic rings. The number of thioether (sulfide) groups is 1. The van der Waals surface area contributed by atoms with Crippen LogP contribution < -0.4 is 15.0 Å². The summed E-state index contributed by atoms with van der Waals surface area (Å²) in [7, 11) is 3.10. The number of carbonyl (C=O) groups is 1. The zero-order chi connectivity index (χ0) is 22.8. The van der Waals surface area contributed by atoms with Crippen molar-refractivity contribution in [2.75, 3.05) is 20.0 Å². The lowest BCUT2D eigenvalue weighted by molar-refractivity contribution is 0.102. The molecule has 0 aliphatic heterocycles. The van der Waals surface area contributed by atoms with E-state index in [2.05, 4.69) is 0 Å². The highest BCUT2D eigenvalue weighted by molar-refractivity contribution is 7.99. The molecule has 0 aliphatic carbocycles. The van der Waals surface area contributed by atoms with Gasteiger partial charge < -0.3 is 9.47 Å². The fourth-order valence-electron chi connectivity index (χ4n) is 3.52. The Labute approximate surface area is 193 Å². The van der Waals surface area contributed by atoms with Crippen LogP contribution in [0.3, 0.4) is 0 Å². The van der Waals surface area contributed by atoms with Crippen molar-refractivity contribution < 1.29 is 14.3 Å². The molecule has 0 atom stereocenters. The molecule has 6 nitrogen and oxygen atoms in total. The van der Waals surface area contributed by atoms with Gasteiger partial charge >= 0.3 is 0 Å². The van der Waals surface area contributed by atoms with Gasteiger partial charge in [-0.2, -0.15) is 0 Å². The lowest BCUT2D eigenvalue weighted by Gasteiger charge is -2.15. The van der Waals surface area contributed by atoms with Crippen molar-refractivity contribution in [2.24, 2.45) is 0 Å². The van der Waals surface area contributed by atoms with Gasteiger partial charge in [0, 0.05) is 21.4 Å². The van der Waals surface area contributed by atoms with Crippen molar-refractivity contribution in [3.8, 4) is 17.2 Å². The summed E-state index contributed by atoms with van der Waals surface area (Å²) in [6.45, 7) is 3.94. The normalized spacial score (nSPS) is 11.0. The zero-order valence-electron chi connectivity index (χ0n) is 18.2. The minimum absolute atomic E-state index is 0.0121. The summed E-state index contributed by atoms with van der Waals surface area (Å²) < 4.78 is 12.3. The Morgan fingerprint density at radius 1 is 1.06 bits per heavy atom. The molecule has 0 radical (unpaired) electrons. The van der Waals surface area contributed by atoms with E-state index in [1.165, 1.54) is 16.3 Å². The third-order valence-corrected chi connectivity index (χ3v) is 6.95. The second-order valence-corrected chi connectivity index (χ2v) is 9.53. The highest BCUT2D eigenvalue weighted by atomic mass is 32.2. The SMILES string of the molecule is COc1ccc(-n2c(SCC(=O)c3cc(C)sc3C)nc3ccccc3c2=O)cc1OC. The van der Waals surface area contributed by atoms with Crippen molar-refractivity contribution in [1.82, 2.24) is 9.55 Å². The third kappa shape index (κ3) is 4.16. The molecule has 4 rings (SSSR count). The summed E-state index contributed by atoms with van der Waals surface area (Å²) in [6, 6.07) is 14.4. The van der Waals surface area contributed by atoms with Crippen LogP contribution in [0.15, 0.2) is 58.5 Å². The lowest BCUT2D eigenvalue weighted by Crippen LogP contribution is -2.22. The molecule has 0 saturated heterocycles. The summed E-state index contributed by atoms with van der Waals surface area (Å²) >= 11 is 2.85. The fourth-order valence-corrected chi connectivity index (χ4v) is 5.35. The van der Waals surface area contributed by atoms with E-state index in [0.717, 1.165) is 15.3 Å². The van der Waals surface area contributed by atoms with Crippen molar-refractivity contribution in [1.29, 1.82) is 0 Å². The quantitative estimate of drug-likeness (QED) is 0.215. The number of rotatable bonds is 7. The lowest BCUT2D eigenvalue weighted by atomic mass is 10.2. The van der Waals surface area contributed by atoms with E-state index in [1.54, 1.807) is 55.9 Å². The van der Waals surface area contributed by atoms with Gasteiger partial charge in [-0.1, -0.05) is 23.9 Å². The van der Waals surface area contributed by atoms with Gasteiger partial charge in [0.25, 0.3) is 5.56 Å². The average molecular weight is 467 g/mol. The number of ketones is 1. The van der Waals surface area contributed by atoms with E-state index < -0.39 is 0 Å². The van der Waals surface area contributed by atoms with Gasteiger partial charge in [0.15, 0.2) is 22.4 Å². The molecule has 164 valence electrons. The second kappa shape index (κ2) is 9.18. The molecule has 0 saturated carbocycles. The molecular weight excluding hydrogens is 444 g/mol. The predicted molar refractivity (Wildman–Crippen MR) is 129 cm³/mol. The Balaban J connectivity index is 1.80. The molecule has 0 N–H and O–H groups in total. The van der Waals surface area contributed by atoms with Crippen LogP contribution in [-0.2, 0) is 0 Å². The van der Waals surface area contributed by atoms with E-state index in [9.17, 15) is 9.59 Å². The van der Waals surface area contributed by atoms with Crippen LogP contribution in [0.4, 0.5) is 0 Å². The number of thiophene rings is 1. The van der Waals surface area contributed by atoms with Crippen molar-refractivity contribution in [2.45, 2.75) is 19.0 Å². The van der Waals surface area contributed by atoms with Crippen LogP contribution in [0.5, 0.6) is 11.5 Å². The van der Waals surface area contributed by atoms with Gasteiger partial charge in [0.2, 0.25) is 0 Å². The number of methoxy groups -OCH3 is 2. The molecule has 0 amide bonds. The number of fused-ring (bicyclic) bond motifs is 1. The smallest absolute Gasteiger partial charge is 0.266 e. The summed E-state index contributed by atoms with van der Waals surface area (Å²) in [5.41, 5.74) is 1.69. The number of aromatic nitrogens is 2. The number of para-hydroxylation sites is 1. The number of hydrogen-bond donors (Lipinski definition) is 0. The minimum Gasteiger partial charge on any atom is -0.493 e. The Morgan fingerprint density at radius 3 is 2.50 bits per heavy atom. The Bertz CT molecular complexity index is 1370. The Morgan fingerprint density at radius 2 is 1.81 bits per heavy atom. The largest absolute Gasteiger partial charge is 0.493 e. The number of hydrogen-bond acceptors (Lipinski definition) is 7. The number of ether oxygens (including phenoxy) is 2. The Kier molecular flexibility index (Phi) is 6.34. The first-order chi connectivity index (χ1) is 15.4. The maximum atomic E-state index is 13.4. The van der Waals surface area contributed by atoms with Crippen LogP contribution in [0.1, 0.15) is 20.1 Å². The zero-order valence-corrected chi connectivity index (χ0v) is 19.8. The van der Waals surface area contributed by atoms with E-state index in [4.69, 9.17) is 14.5 Å². The van der Waals surface area contributed by atoms with Gasteiger partial charge in [-0.15, -0.1) is 11.3 Å².